The molecule has 17 heavy (non-hydrogen) atoms. The molecular formula is C14H21FN2. The summed E-state index contributed by atoms with van der Waals surface area (Å²) in [5.41, 5.74) is 7.15. The van der Waals surface area contributed by atoms with Crippen molar-refractivity contribution in [1.29, 1.82) is 0 Å². The lowest BCUT2D eigenvalue weighted by Gasteiger charge is -2.21. The van der Waals surface area contributed by atoms with Gasteiger partial charge in [-0.25, -0.2) is 4.39 Å². The Morgan fingerprint density at radius 1 is 1.41 bits per heavy atom. The van der Waals surface area contributed by atoms with Crippen molar-refractivity contribution in [2.24, 2.45) is 5.73 Å². The van der Waals surface area contributed by atoms with Gasteiger partial charge in [-0.15, -0.1) is 0 Å². The van der Waals surface area contributed by atoms with Gasteiger partial charge in [0.1, 0.15) is 5.82 Å². The molecule has 94 valence electrons. The fourth-order valence-corrected chi connectivity index (χ4v) is 2.18. The lowest BCUT2D eigenvalue weighted by Crippen LogP contribution is -2.26. The van der Waals surface area contributed by atoms with Crippen molar-refractivity contribution in [1.82, 2.24) is 4.90 Å². The topological polar surface area (TPSA) is 29.3 Å². The minimum atomic E-state index is -0.116. The van der Waals surface area contributed by atoms with Crippen molar-refractivity contribution in [3.63, 3.8) is 0 Å². The molecule has 1 saturated carbocycles. The van der Waals surface area contributed by atoms with Gasteiger partial charge in [0.2, 0.25) is 0 Å². The minimum Gasteiger partial charge on any atom is -0.326 e. The molecule has 0 atom stereocenters. The lowest BCUT2D eigenvalue weighted by molar-refractivity contribution is 0.252. The Hall–Kier alpha value is -0.930. The first kappa shape index (κ1) is 12.5. The van der Waals surface area contributed by atoms with Gasteiger partial charge in [0.25, 0.3) is 0 Å². The summed E-state index contributed by atoms with van der Waals surface area (Å²) in [5.74, 6) is -0.116. The summed E-state index contributed by atoms with van der Waals surface area (Å²) >= 11 is 0. The van der Waals surface area contributed by atoms with Crippen LogP contribution < -0.4 is 5.73 Å². The molecule has 1 aliphatic rings. The van der Waals surface area contributed by atoms with Gasteiger partial charge in [-0.3, -0.25) is 4.90 Å². The van der Waals surface area contributed by atoms with E-state index in [0.29, 0.717) is 12.6 Å². The van der Waals surface area contributed by atoms with Gasteiger partial charge in [-0.05, 0) is 37.4 Å². The molecule has 1 aromatic rings. The molecule has 0 aliphatic heterocycles. The molecule has 0 saturated heterocycles. The van der Waals surface area contributed by atoms with Gasteiger partial charge in [0, 0.05) is 24.7 Å². The van der Waals surface area contributed by atoms with Crippen LogP contribution in [-0.2, 0) is 13.1 Å². The quantitative estimate of drug-likeness (QED) is 0.822. The molecule has 1 aliphatic carbocycles. The maximum absolute atomic E-state index is 13.8. The van der Waals surface area contributed by atoms with Gasteiger partial charge in [0.15, 0.2) is 0 Å². The maximum atomic E-state index is 13.8. The van der Waals surface area contributed by atoms with E-state index in [9.17, 15) is 4.39 Å². The van der Waals surface area contributed by atoms with Crippen molar-refractivity contribution in [3.8, 4) is 0 Å². The highest BCUT2D eigenvalue weighted by Crippen LogP contribution is 2.28. The van der Waals surface area contributed by atoms with Crippen LogP contribution in [0.25, 0.3) is 0 Å². The fourth-order valence-electron chi connectivity index (χ4n) is 2.18. The third-order valence-corrected chi connectivity index (χ3v) is 3.30. The number of halogens is 1. The number of rotatable bonds is 6. The van der Waals surface area contributed by atoms with E-state index in [4.69, 9.17) is 5.73 Å². The molecule has 1 fully saturated rings. The average molecular weight is 236 g/mol. The standard InChI is InChI=1S/C14H21FN2/c1-2-7-17(13-5-6-13)10-12-4-3-11(9-16)8-14(12)15/h3-4,8,13H,2,5-7,9-10,16H2,1H3. The molecule has 2 nitrogen and oxygen atoms in total. The monoisotopic (exact) mass is 236 g/mol. The van der Waals surface area contributed by atoms with Gasteiger partial charge >= 0.3 is 0 Å². The van der Waals surface area contributed by atoms with Gasteiger partial charge in [-0.2, -0.15) is 0 Å². The largest absolute Gasteiger partial charge is 0.326 e. The van der Waals surface area contributed by atoms with E-state index in [-0.39, 0.29) is 5.82 Å². The molecule has 1 aromatic carbocycles. The number of hydrogen-bond donors (Lipinski definition) is 1. The predicted molar refractivity (Wildman–Crippen MR) is 68.0 cm³/mol. The molecular weight excluding hydrogens is 215 g/mol. The molecule has 3 heteroatoms. The third-order valence-electron chi connectivity index (χ3n) is 3.30. The van der Waals surface area contributed by atoms with Crippen LogP contribution in [0.15, 0.2) is 18.2 Å². The highest BCUT2D eigenvalue weighted by molar-refractivity contribution is 5.24. The number of nitrogens with two attached hydrogens (primary N) is 1. The normalized spacial score (nSPS) is 15.5. The van der Waals surface area contributed by atoms with E-state index in [1.54, 1.807) is 6.07 Å². The zero-order valence-electron chi connectivity index (χ0n) is 10.5. The van der Waals surface area contributed by atoms with Crippen molar-refractivity contribution >= 4 is 0 Å². The predicted octanol–water partition coefficient (Wildman–Crippen LogP) is 2.66. The van der Waals surface area contributed by atoms with Crippen LogP contribution in [0, 0.1) is 5.82 Å². The Morgan fingerprint density at radius 3 is 2.71 bits per heavy atom. The summed E-state index contributed by atoms with van der Waals surface area (Å²) in [4.78, 5) is 2.39. The zero-order valence-corrected chi connectivity index (χ0v) is 10.5. The van der Waals surface area contributed by atoms with Crippen LogP contribution in [0.5, 0.6) is 0 Å². The summed E-state index contributed by atoms with van der Waals surface area (Å²) in [5, 5.41) is 0. The number of hydrogen-bond acceptors (Lipinski definition) is 2. The molecule has 0 spiro atoms. The van der Waals surface area contributed by atoms with Crippen molar-refractivity contribution in [3.05, 3.63) is 35.1 Å². The Bertz CT molecular complexity index is 374. The van der Waals surface area contributed by atoms with Crippen molar-refractivity contribution < 1.29 is 4.39 Å². The summed E-state index contributed by atoms with van der Waals surface area (Å²) in [6.07, 6.45) is 3.66. The molecule has 2 N–H and O–H groups in total. The van der Waals surface area contributed by atoms with E-state index >= 15 is 0 Å². The van der Waals surface area contributed by atoms with E-state index < -0.39 is 0 Å². The first-order valence-corrected chi connectivity index (χ1v) is 6.46. The molecule has 0 unspecified atom stereocenters. The first-order chi connectivity index (χ1) is 8.24. The Morgan fingerprint density at radius 2 is 2.18 bits per heavy atom. The average Bonchev–Trinajstić information content (AvgIpc) is 3.14. The van der Waals surface area contributed by atoms with Crippen LogP contribution in [-0.4, -0.2) is 17.5 Å². The smallest absolute Gasteiger partial charge is 0.128 e. The van der Waals surface area contributed by atoms with Gasteiger partial charge in [0.05, 0.1) is 0 Å². The Balaban J connectivity index is 2.05. The van der Waals surface area contributed by atoms with Crippen LogP contribution >= 0.6 is 0 Å². The van der Waals surface area contributed by atoms with Crippen LogP contribution in [0.3, 0.4) is 0 Å². The molecule has 0 heterocycles. The lowest BCUT2D eigenvalue weighted by atomic mass is 10.1. The first-order valence-electron chi connectivity index (χ1n) is 6.46. The summed E-state index contributed by atoms with van der Waals surface area (Å²) in [6, 6.07) is 6.05. The van der Waals surface area contributed by atoms with E-state index in [1.165, 1.54) is 12.8 Å². The van der Waals surface area contributed by atoms with Crippen molar-refractivity contribution in [2.75, 3.05) is 6.54 Å². The van der Waals surface area contributed by atoms with E-state index in [1.807, 2.05) is 12.1 Å². The maximum Gasteiger partial charge on any atom is 0.128 e. The molecule has 2 rings (SSSR count). The highest BCUT2D eigenvalue weighted by atomic mass is 19.1. The second-order valence-electron chi connectivity index (χ2n) is 4.83. The Kier molecular flexibility index (Phi) is 4.13. The van der Waals surface area contributed by atoms with Crippen molar-refractivity contribution in [2.45, 2.75) is 45.3 Å². The summed E-state index contributed by atoms with van der Waals surface area (Å²) in [7, 11) is 0. The van der Waals surface area contributed by atoms with Crippen LogP contribution in [0.4, 0.5) is 4.39 Å². The number of nitrogens with zero attached hydrogens (tertiary/aromatic N) is 1. The zero-order chi connectivity index (χ0) is 12.3. The van der Waals surface area contributed by atoms with Gasteiger partial charge in [-0.1, -0.05) is 19.1 Å². The van der Waals surface area contributed by atoms with E-state index in [0.717, 1.165) is 30.6 Å². The molecule has 0 amide bonds. The summed E-state index contributed by atoms with van der Waals surface area (Å²) < 4.78 is 13.8. The van der Waals surface area contributed by atoms with E-state index in [2.05, 4.69) is 11.8 Å². The van der Waals surface area contributed by atoms with Crippen LogP contribution in [0.2, 0.25) is 0 Å². The molecule has 0 bridgehead atoms. The second-order valence-corrected chi connectivity index (χ2v) is 4.83. The number of benzene rings is 1. The minimum absolute atomic E-state index is 0.116. The second kappa shape index (κ2) is 5.61. The van der Waals surface area contributed by atoms with Crippen LogP contribution in [0.1, 0.15) is 37.3 Å². The Labute approximate surface area is 103 Å². The third kappa shape index (κ3) is 3.27. The SMILES string of the molecule is CCCN(Cc1ccc(CN)cc1F)C1CC1. The summed E-state index contributed by atoms with van der Waals surface area (Å²) in [6.45, 7) is 4.36. The van der Waals surface area contributed by atoms with Gasteiger partial charge < -0.3 is 5.73 Å². The molecule has 0 aromatic heterocycles. The fraction of sp³-hybridized carbons (Fsp3) is 0.571. The highest BCUT2D eigenvalue weighted by Gasteiger charge is 2.28. The molecule has 0 radical (unpaired) electrons.